The van der Waals surface area contributed by atoms with Gasteiger partial charge in [0.1, 0.15) is 5.75 Å². The van der Waals surface area contributed by atoms with Crippen molar-refractivity contribution in [3.05, 3.63) is 29.8 Å². The lowest BCUT2D eigenvalue weighted by Gasteiger charge is -2.33. The highest BCUT2D eigenvalue weighted by Gasteiger charge is 2.43. The largest absolute Gasteiger partial charge is 0.484 e. The number of benzene rings is 1. The molecule has 0 bridgehead atoms. The first-order valence-corrected chi connectivity index (χ1v) is 6.75. The molecule has 0 aromatic heterocycles. The summed E-state index contributed by atoms with van der Waals surface area (Å²) in [6, 6.07) is 6.79. The lowest BCUT2D eigenvalue weighted by molar-refractivity contribution is -0.237. The van der Waals surface area contributed by atoms with Crippen LogP contribution in [0.15, 0.2) is 24.3 Å². The molecule has 1 saturated heterocycles. The van der Waals surface area contributed by atoms with Gasteiger partial charge >= 0.3 is 6.18 Å². The van der Waals surface area contributed by atoms with Crippen LogP contribution in [0.1, 0.15) is 5.56 Å². The van der Waals surface area contributed by atoms with Crippen LogP contribution in [0.25, 0.3) is 0 Å². The highest BCUT2D eigenvalue weighted by atomic mass is 19.4. The first-order valence-electron chi connectivity index (χ1n) is 6.75. The van der Waals surface area contributed by atoms with Gasteiger partial charge in [-0.05, 0) is 17.7 Å². The van der Waals surface area contributed by atoms with Crippen molar-refractivity contribution in [1.29, 1.82) is 0 Å². The maximum absolute atomic E-state index is 12.7. The molecule has 22 heavy (non-hydrogen) atoms. The van der Waals surface area contributed by atoms with Crippen LogP contribution in [-0.4, -0.2) is 49.4 Å². The minimum atomic E-state index is -4.34. The molecule has 2 N–H and O–H groups in total. The molecule has 1 aromatic carbocycles. The Morgan fingerprint density at radius 2 is 2.05 bits per heavy atom. The van der Waals surface area contributed by atoms with E-state index in [9.17, 15) is 18.0 Å². The first kappa shape index (κ1) is 16.6. The van der Waals surface area contributed by atoms with Crippen molar-refractivity contribution < 1.29 is 27.4 Å². The van der Waals surface area contributed by atoms with E-state index in [1.807, 2.05) is 0 Å². The van der Waals surface area contributed by atoms with Gasteiger partial charge in [0.25, 0.3) is 5.91 Å². The van der Waals surface area contributed by atoms with Crippen LogP contribution in [0.3, 0.4) is 0 Å². The molecule has 122 valence electrons. The van der Waals surface area contributed by atoms with Crippen LogP contribution >= 0.6 is 0 Å². The summed E-state index contributed by atoms with van der Waals surface area (Å²) in [6.45, 7) is 0.516. The molecular formula is C14H17F3N2O3. The van der Waals surface area contributed by atoms with E-state index in [2.05, 4.69) is 0 Å². The van der Waals surface area contributed by atoms with Gasteiger partial charge < -0.3 is 15.2 Å². The average molecular weight is 318 g/mol. The summed E-state index contributed by atoms with van der Waals surface area (Å²) in [6.07, 6.45) is -6.08. The van der Waals surface area contributed by atoms with E-state index in [0.29, 0.717) is 18.8 Å². The summed E-state index contributed by atoms with van der Waals surface area (Å²) < 4.78 is 47.8. The van der Waals surface area contributed by atoms with Gasteiger partial charge in [0.15, 0.2) is 12.7 Å². The fourth-order valence-electron chi connectivity index (χ4n) is 2.15. The molecule has 1 atom stereocenters. The number of carbonyl (C=O) groups is 1. The predicted octanol–water partition coefficient (Wildman–Crippen LogP) is 1.31. The molecule has 0 aliphatic carbocycles. The van der Waals surface area contributed by atoms with Gasteiger partial charge in [-0.3, -0.25) is 9.69 Å². The van der Waals surface area contributed by atoms with Crippen molar-refractivity contribution in [2.45, 2.75) is 18.8 Å². The SMILES string of the molecule is NC(=O)COc1ccc(CN2CCO[C@@H](C(F)(F)F)C2)cc1. The predicted molar refractivity (Wildman–Crippen MR) is 72.2 cm³/mol. The molecule has 8 heteroatoms. The van der Waals surface area contributed by atoms with Gasteiger partial charge in [-0.1, -0.05) is 12.1 Å². The maximum atomic E-state index is 12.7. The number of nitrogens with two attached hydrogens (primary N) is 1. The van der Waals surface area contributed by atoms with Crippen molar-refractivity contribution in [1.82, 2.24) is 4.90 Å². The molecule has 1 fully saturated rings. The lowest BCUT2D eigenvalue weighted by Crippen LogP contribution is -2.48. The normalized spacial score (nSPS) is 19.9. The number of hydrogen-bond acceptors (Lipinski definition) is 4. The number of morpholine rings is 1. The number of alkyl halides is 3. The number of ether oxygens (including phenoxy) is 2. The molecule has 0 unspecified atom stereocenters. The Morgan fingerprint density at radius 3 is 2.64 bits per heavy atom. The summed E-state index contributed by atoms with van der Waals surface area (Å²) in [4.78, 5) is 12.3. The second-order valence-electron chi connectivity index (χ2n) is 5.04. The molecule has 0 spiro atoms. The van der Waals surface area contributed by atoms with Crippen molar-refractivity contribution in [3.63, 3.8) is 0 Å². The van der Waals surface area contributed by atoms with E-state index in [4.69, 9.17) is 15.2 Å². The molecule has 1 amide bonds. The van der Waals surface area contributed by atoms with Crippen LogP contribution < -0.4 is 10.5 Å². The summed E-state index contributed by atoms with van der Waals surface area (Å²) in [5.41, 5.74) is 5.82. The molecule has 1 heterocycles. The number of carbonyl (C=O) groups excluding carboxylic acids is 1. The lowest BCUT2D eigenvalue weighted by atomic mass is 10.2. The molecule has 0 radical (unpaired) electrons. The van der Waals surface area contributed by atoms with Crippen LogP contribution in [0, 0.1) is 0 Å². The molecule has 0 saturated carbocycles. The van der Waals surface area contributed by atoms with Crippen molar-refractivity contribution in [3.8, 4) is 5.75 Å². The van der Waals surface area contributed by atoms with Crippen LogP contribution in [-0.2, 0) is 16.1 Å². The highest BCUT2D eigenvalue weighted by Crippen LogP contribution is 2.26. The topological polar surface area (TPSA) is 64.8 Å². The molecule has 1 aliphatic heterocycles. The summed E-state index contributed by atoms with van der Waals surface area (Å²) in [5, 5.41) is 0. The Hall–Kier alpha value is -1.80. The molecule has 1 aliphatic rings. The van der Waals surface area contributed by atoms with Gasteiger partial charge in [0.05, 0.1) is 6.61 Å². The number of hydrogen-bond donors (Lipinski definition) is 1. The highest BCUT2D eigenvalue weighted by molar-refractivity contribution is 5.75. The Kier molecular flexibility index (Phi) is 5.25. The Bertz CT molecular complexity index is 505. The molecular weight excluding hydrogens is 301 g/mol. The third-order valence-electron chi connectivity index (χ3n) is 3.23. The monoisotopic (exact) mass is 318 g/mol. The second kappa shape index (κ2) is 6.97. The van der Waals surface area contributed by atoms with Gasteiger partial charge in [-0.2, -0.15) is 13.2 Å². The number of amides is 1. The molecule has 5 nitrogen and oxygen atoms in total. The zero-order chi connectivity index (χ0) is 16.2. The van der Waals surface area contributed by atoms with Crippen LogP contribution in [0.4, 0.5) is 13.2 Å². The first-order chi connectivity index (χ1) is 10.3. The van der Waals surface area contributed by atoms with Crippen LogP contribution in [0.5, 0.6) is 5.75 Å². The van der Waals surface area contributed by atoms with Crippen LogP contribution in [0.2, 0.25) is 0 Å². The van der Waals surface area contributed by atoms with E-state index in [-0.39, 0.29) is 19.8 Å². The summed E-state index contributed by atoms with van der Waals surface area (Å²) >= 11 is 0. The third-order valence-corrected chi connectivity index (χ3v) is 3.23. The Balaban J connectivity index is 1.89. The molecule has 1 aromatic rings. The molecule has 2 rings (SSSR count). The van der Waals surface area contributed by atoms with Crippen molar-refractivity contribution in [2.24, 2.45) is 5.73 Å². The maximum Gasteiger partial charge on any atom is 0.415 e. The quantitative estimate of drug-likeness (QED) is 0.889. The van der Waals surface area contributed by atoms with Gasteiger partial charge in [0.2, 0.25) is 0 Å². The van der Waals surface area contributed by atoms with Crippen molar-refractivity contribution in [2.75, 3.05) is 26.3 Å². The standard InChI is InChI=1S/C14H17F3N2O3/c15-14(16,17)12-8-19(5-6-21-12)7-10-1-3-11(4-2-10)22-9-13(18)20/h1-4,12H,5-9H2,(H2,18,20)/t12-/m1/s1. The van der Waals surface area contributed by atoms with Crippen molar-refractivity contribution >= 4 is 5.91 Å². The zero-order valence-electron chi connectivity index (χ0n) is 11.8. The van der Waals surface area contributed by atoms with E-state index >= 15 is 0 Å². The van der Waals surface area contributed by atoms with Gasteiger partial charge in [-0.25, -0.2) is 0 Å². The minimum Gasteiger partial charge on any atom is -0.484 e. The van der Waals surface area contributed by atoms with E-state index < -0.39 is 18.2 Å². The fourth-order valence-corrected chi connectivity index (χ4v) is 2.15. The number of rotatable bonds is 5. The second-order valence-corrected chi connectivity index (χ2v) is 5.04. The Morgan fingerprint density at radius 1 is 1.36 bits per heavy atom. The number of primary amides is 1. The Labute approximate surface area is 125 Å². The van der Waals surface area contributed by atoms with Gasteiger partial charge in [-0.15, -0.1) is 0 Å². The smallest absolute Gasteiger partial charge is 0.415 e. The summed E-state index contributed by atoms with van der Waals surface area (Å²) in [7, 11) is 0. The minimum absolute atomic E-state index is 0.0595. The van der Waals surface area contributed by atoms with Gasteiger partial charge in [0, 0.05) is 19.6 Å². The van der Waals surface area contributed by atoms with E-state index in [0.717, 1.165) is 5.56 Å². The average Bonchev–Trinajstić information content (AvgIpc) is 2.46. The fraction of sp³-hybridized carbons (Fsp3) is 0.500. The van der Waals surface area contributed by atoms with E-state index in [1.54, 1.807) is 29.2 Å². The third kappa shape index (κ3) is 4.88. The summed E-state index contributed by atoms with van der Waals surface area (Å²) in [5.74, 6) is -0.0896. The van der Waals surface area contributed by atoms with E-state index in [1.165, 1.54) is 0 Å². The number of nitrogens with zero attached hydrogens (tertiary/aromatic N) is 1. The number of halogens is 3. The zero-order valence-corrected chi connectivity index (χ0v) is 11.8.